The fourth-order valence-corrected chi connectivity index (χ4v) is 3.99. The molecule has 0 radical (unpaired) electrons. The van der Waals surface area contributed by atoms with Gasteiger partial charge in [0, 0.05) is 39.1 Å². The summed E-state index contributed by atoms with van der Waals surface area (Å²) in [6.07, 6.45) is 0. The van der Waals surface area contributed by atoms with E-state index in [0.29, 0.717) is 22.3 Å². The van der Waals surface area contributed by atoms with Crippen LogP contribution < -0.4 is 19.7 Å². The molecule has 2 aliphatic rings. The topological polar surface area (TPSA) is 102 Å². The number of carbonyl (C=O) groups is 4. The average Bonchev–Trinajstić information content (AvgIpc) is 2.75. The summed E-state index contributed by atoms with van der Waals surface area (Å²) in [5.41, 5.74) is 1.17. The van der Waals surface area contributed by atoms with Crippen molar-refractivity contribution in [1.29, 1.82) is 0 Å². The monoisotopic (exact) mass is 402 g/mol. The number of benzene rings is 3. The maximum Gasteiger partial charge on any atom is 0.266 e. The molecule has 0 spiro atoms. The molecule has 5 rings (SSSR count). The van der Waals surface area contributed by atoms with Gasteiger partial charge in [-0.1, -0.05) is 0 Å². The van der Waals surface area contributed by atoms with Gasteiger partial charge < -0.3 is 9.47 Å². The fraction of sp³-hybridized carbons (Fsp3) is 0.0909. The van der Waals surface area contributed by atoms with E-state index in [1.165, 1.54) is 38.5 Å². The zero-order valence-electron chi connectivity index (χ0n) is 15.9. The van der Waals surface area contributed by atoms with E-state index < -0.39 is 23.6 Å². The molecular weight excluding hydrogens is 388 g/mol. The van der Waals surface area contributed by atoms with Crippen molar-refractivity contribution < 1.29 is 28.7 Å². The van der Waals surface area contributed by atoms with Gasteiger partial charge in [0.15, 0.2) is 0 Å². The number of methoxy groups -OCH3 is 2. The third-order valence-corrected chi connectivity index (χ3v) is 5.37. The van der Waals surface area contributed by atoms with E-state index in [-0.39, 0.29) is 27.9 Å². The van der Waals surface area contributed by atoms with Crippen LogP contribution in [0.15, 0.2) is 42.5 Å². The largest absolute Gasteiger partial charge is 0.497 e. The van der Waals surface area contributed by atoms with Crippen LogP contribution in [-0.2, 0) is 0 Å². The van der Waals surface area contributed by atoms with Crippen molar-refractivity contribution in [2.45, 2.75) is 0 Å². The summed E-state index contributed by atoms with van der Waals surface area (Å²) < 4.78 is 10.6. The summed E-state index contributed by atoms with van der Waals surface area (Å²) >= 11 is 0. The molecule has 0 fully saturated rings. The van der Waals surface area contributed by atoms with Crippen LogP contribution in [0.4, 0.5) is 5.69 Å². The Balaban J connectivity index is 1.80. The number of anilines is 1. The van der Waals surface area contributed by atoms with Crippen LogP contribution in [0.25, 0.3) is 10.8 Å². The number of ether oxygens (including phenoxy) is 2. The van der Waals surface area contributed by atoms with Crippen molar-refractivity contribution in [3.63, 3.8) is 0 Å². The zero-order valence-corrected chi connectivity index (χ0v) is 15.9. The second-order valence-corrected chi connectivity index (χ2v) is 6.84. The van der Waals surface area contributed by atoms with E-state index in [2.05, 4.69) is 5.32 Å². The highest BCUT2D eigenvalue weighted by Crippen LogP contribution is 2.40. The summed E-state index contributed by atoms with van der Waals surface area (Å²) in [4.78, 5) is 52.4. The first-order chi connectivity index (χ1) is 14.5. The highest BCUT2D eigenvalue weighted by Gasteiger charge is 2.38. The summed E-state index contributed by atoms with van der Waals surface area (Å²) in [5, 5.41) is 2.89. The molecule has 30 heavy (non-hydrogen) atoms. The predicted octanol–water partition coefficient (Wildman–Crippen LogP) is 2.54. The van der Waals surface area contributed by atoms with Crippen LogP contribution in [-0.4, -0.2) is 37.8 Å². The molecule has 0 atom stereocenters. The minimum atomic E-state index is -0.582. The minimum Gasteiger partial charge on any atom is -0.497 e. The number of hydrogen-bond acceptors (Lipinski definition) is 6. The van der Waals surface area contributed by atoms with Crippen LogP contribution in [0.2, 0.25) is 0 Å². The van der Waals surface area contributed by atoms with E-state index in [0.717, 1.165) is 4.90 Å². The Kier molecular flexibility index (Phi) is 3.66. The van der Waals surface area contributed by atoms with Crippen molar-refractivity contribution in [1.82, 2.24) is 5.32 Å². The third-order valence-electron chi connectivity index (χ3n) is 5.37. The van der Waals surface area contributed by atoms with Gasteiger partial charge >= 0.3 is 0 Å². The van der Waals surface area contributed by atoms with Gasteiger partial charge in [-0.05, 0) is 36.4 Å². The quantitative estimate of drug-likeness (QED) is 0.676. The molecule has 3 aromatic carbocycles. The van der Waals surface area contributed by atoms with Gasteiger partial charge in [-0.25, -0.2) is 4.90 Å². The Morgan fingerprint density at radius 1 is 0.700 bits per heavy atom. The number of nitrogens with one attached hydrogen (secondary N) is 1. The molecule has 2 aliphatic heterocycles. The van der Waals surface area contributed by atoms with Crippen molar-refractivity contribution in [3.05, 3.63) is 64.7 Å². The van der Waals surface area contributed by atoms with Crippen molar-refractivity contribution >= 4 is 40.1 Å². The van der Waals surface area contributed by atoms with Crippen LogP contribution in [0.3, 0.4) is 0 Å². The van der Waals surface area contributed by atoms with Crippen LogP contribution >= 0.6 is 0 Å². The van der Waals surface area contributed by atoms with E-state index in [9.17, 15) is 19.2 Å². The molecular formula is C22H14N2O6. The van der Waals surface area contributed by atoms with Gasteiger partial charge in [0.05, 0.1) is 19.9 Å². The Hall–Kier alpha value is -4.20. The van der Waals surface area contributed by atoms with Crippen LogP contribution in [0, 0.1) is 0 Å². The fourth-order valence-electron chi connectivity index (χ4n) is 3.99. The first kappa shape index (κ1) is 17.9. The normalized spacial score (nSPS) is 14.8. The number of imide groups is 2. The lowest BCUT2D eigenvalue weighted by atomic mass is 9.86. The molecule has 0 bridgehead atoms. The predicted molar refractivity (Wildman–Crippen MR) is 106 cm³/mol. The van der Waals surface area contributed by atoms with Gasteiger partial charge in [0.2, 0.25) is 0 Å². The summed E-state index contributed by atoms with van der Waals surface area (Å²) in [6.45, 7) is 0. The number of hydrogen-bond donors (Lipinski definition) is 1. The average molecular weight is 402 g/mol. The van der Waals surface area contributed by atoms with E-state index in [4.69, 9.17) is 9.47 Å². The molecule has 0 saturated heterocycles. The lowest BCUT2D eigenvalue weighted by Gasteiger charge is -2.30. The smallest absolute Gasteiger partial charge is 0.266 e. The molecule has 4 amide bonds. The molecule has 2 heterocycles. The number of amides is 4. The van der Waals surface area contributed by atoms with E-state index in [1.807, 2.05) is 0 Å². The Bertz CT molecular complexity index is 1260. The SMILES string of the molecule is COc1ccc(OC)c(N2C(=O)c3ccc4c5c(ccc(c35)C2=O)C(=O)NC4=O)c1. The second-order valence-electron chi connectivity index (χ2n) is 6.84. The molecule has 0 aliphatic carbocycles. The molecule has 148 valence electrons. The summed E-state index contributed by atoms with van der Waals surface area (Å²) in [5.74, 6) is -1.52. The Morgan fingerprint density at radius 3 is 1.77 bits per heavy atom. The molecule has 0 aromatic heterocycles. The molecule has 0 unspecified atom stereocenters. The highest BCUT2D eigenvalue weighted by molar-refractivity contribution is 6.39. The molecule has 0 saturated carbocycles. The van der Waals surface area contributed by atoms with Crippen LogP contribution in [0.5, 0.6) is 11.5 Å². The maximum absolute atomic E-state index is 13.4. The number of rotatable bonds is 3. The van der Waals surface area contributed by atoms with Gasteiger partial charge in [-0.3, -0.25) is 24.5 Å². The minimum absolute atomic E-state index is 0.220. The third kappa shape index (κ3) is 2.21. The Morgan fingerprint density at radius 2 is 1.23 bits per heavy atom. The van der Waals surface area contributed by atoms with Crippen LogP contribution in [0.1, 0.15) is 41.4 Å². The molecule has 8 heteroatoms. The van der Waals surface area contributed by atoms with Gasteiger partial charge in [0.25, 0.3) is 23.6 Å². The summed E-state index contributed by atoms with van der Waals surface area (Å²) in [6, 6.07) is 10.8. The highest BCUT2D eigenvalue weighted by atomic mass is 16.5. The molecule has 8 nitrogen and oxygen atoms in total. The lowest BCUT2D eigenvalue weighted by Crippen LogP contribution is -2.42. The number of nitrogens with zero attached hydrogens (tertiary/aromatic N) is 1. The van der Waals surface area contributed by atoms with E-state index in [1.54, 1.807) is 18.2 Å². The van der Waals surface area contributed by atoms with Gasteiger partial charge in [0.1, 0.15) is 11.5 Å². The van der Waals surface area contributed by atoms with Gasteiger partial charge in [-0.15, -0.1) is 0 Å². The van der Waals surface area contributed by atoms with Crippen molar-refractivity contribution in [2.75, 3.05) is 19.1 Å². The summed E-state index contributed by atoms with van der Waals surface area (Å²) in [7, 11) is 2.92. The number of carbonyl (C=O) groups excluding carboxylic acids is 4. The molecule has 3 aromatic rings. The van der Waals surface area contributed by atoms with E-state index >= 15 is 0 Å². The Labute approximate surface area is 170 Å². The maximum atomic E-state index is 13.4. The standard InChI is InChI=1S/C22H14N2O6/c1-29-10-3-8-16(30-2)15(9-10)24-21(27)13-6-4-11-17-12(20(26)23-19(11)25)5-7-14(18(13)17)22(24)28/h3-9H,1-2H3,(H,23,25,26). The first-order valence-electron chi connectivity index (χ1n) is 9.02. The van der Waals surface area contributed by atoms with Crippen molar-refractivity contribution in [2.24, 2.45) is 0 Å². The first-order valence-corrected chi connectivity index (χ1v) is 9.02. The van der Waals surface area contributed by atoms with Crippen molar-refractivity contribution in [3.8, 4) is 11.5 Å². The second kappa shape index (κ2) is 6.15. The lowest BCUT2D eigenvalue weighted by molar-refractivity contribution is 0.0837. The van der Waals surface area contributed by atoms with Gasteiger partial charge in [-0.2, -0.15) is 0 Å². The molecule has 1 N–H and O–H groups in total. The zero-order chi connectivity index (χ0) is 21.2.